The van der Waals surface area contributed by atoms with Crippen molar-refractivity contribution in [2.75, 3.05) is 24.8 Å². The molecule has 2 aromatic rings. The number of pyridine rings is 1. The summed E-state index contributed by atoms with van der Waals surface area (Å²) in [6, 6.07) is 1.54. The highest BCUT2D eigenvalue weighted by Crippen LogP contribution is 2.38. The molecule has 0 fully saturated rings. The molecule has 8 nitrogen and oxygen atoms in total. The summed E-state index contributed by atoms with van der Waals surface area (Å²) in [6.45, 7) is 3.91. The van der Waals surface area contributed by atoms with Crippen LogP contribution in [0.15, 0.2) is 26.9 Å². The van der Waals surface area contributed by atoms with Gasteiger partial charge in [0.2, 0.25) is 11.8 Å². The van der Waals surface area contributed by atoms with E-state index in [1.54, 1.807) is 0 Å². The van der Waals surface area contributed by atoms with E-state index in [0.29, 0.717) is 15.5 Å². The van der Waals surface area contributed by atoms with Gasteiger partial charge in [0.05, 0.1) is 17.7 Å². The number of sulfone groups is 1. The number of anilines is 2. The molecule has 0 spiro atoms. The monoisotopic (exact) mass is 369 g/mol. The molecular weight excluding hydrogens is 350 g/mol. The first-order valence-corrected chi connectivity index (χ1v) is 9.69. The van der Waals surface area contributed by atoms with E-state index in [4.69, 9.17) is 16.2 Å². The summed E-state index contributed by atoms with van der Waals surface area (Å²) < 4.78 is 29.2. The molecule has 0 aliphatic heterocycles. The van der Waals surface area contributed by atoms with Crippen LogP contribution >= 0.6 is 11.8 Å². The van der Waals surface area contributed by atoms with Gasteiger partial charge < -0.3 is 16.2 Å². The number of aromatic nitrogens is 3. The van der Waals surface area contributed by atoms with Crippen molar-refractivity contribution in [2.45, 2.75) is 34.5 Å². The summed E-state index contributed by atoms with van der Waals surface area (Å²) in [4.78, 5) is 13.4. The lowest BCUT2D eigenvalue weighted by molar-refractivity contribution is 0.381. The number of nitrogens with zero attached hydrogens (tertiary/aromatic N) is 3. The fraction of sp³-hybridized carbons (Fsp3) is 0.357. The van der Waals surface area contributed by atoms with E-state index in [-0.39, 0.29) is 28.5 Å². The van der Waals surface area contributed by atoms with E-state index in [0.717, 1.165) is 6.26 Å². The third-order valence-electron chi connectivity index (χ3n) is 3.11. The number of hydrogen-bond acceptors (Lipinski definition) is 9. The standard InChI is InChI=1S/C14H19N5O3S2/c1-7(2)11-8(23-9-6-17-14(16)19-12(9)15)5-10(24(4,20)21)13(18-11)22-3/h5-7H,1-4H3,(H4,15,16,17,19). The average Bonchev–Trinajstić information content (AvgIpc) is 2.48. The zero-order valence-corrected chi connectivity index (χ0v) is 15.4. The van der Waals surface area contributed by atoms with Crippen LogP contribution < -0.4 is 16.2 Å². The smallest absolute Gasteiger partial charge is 0.232 e. The van der Waals surface area contributed by atoms with Gasteiger partial charge in [0.25, 0.3) is 0 Å². The number of nitrogens with two attached hydrogens (primary N) is 2. The lowest BCUT2D eigenvalue weighted by Crippen LogP contribution is -2.07. The number of nitrogen functional groups attached to an aromatic ring is 2. The van der Waals surface area contributed by atoms with Crippen LogP contribution in [0.4, 0.5) is 11.8 Å². The molecular formula is C14H19N5O3S2. The molecule has 4 N–H and O–H groups in total. The van der Waals surface area contributed by atoms with Crippen LogP contribution in [0.25, 0.3) is 0 Å². The Bertz CT molecular complexity index is 869. The molecule has 24 heavy (non-hydrogen) atoms. The molecule has 0 aromatic carbocycles. The highest BCUT2D eigenvalue weighted by molar-refractivity contribution is 7.99. The van der Waals surface area contributed by atoms with Gasteiger partial charge in [-0.2, -0.15) is 4.98 Å². The largest absolute Gasteiger partial charge is 0.480 e. The zero-order chi connectivity index (χ0) is 18.1. The molecule has 0 aliphatic rings. The normalized spacial score (nSPS) is 11.7. The Morgan fingerprint density at radius 1 is 1.21 bits per heavy atom. The fourth-order valence-corrected chi connectivity index (χ4v) is 3.88. The van der Waals surface area contributed by atoms with E-state index in [1.165, 1.54) is 31.1 Å². The quantitative estimate of drug-likeness (QED) is 0.807. The molecule has 0 unspecified atom stereocenters. The van der Waals surface area contributed by atoms with Gasteiger partial charge in [-0.1, -0.05) is 25.6 Å². The first-order chi connectivity index (χ1) is 11.1. The highest BCUT2D eigenvalue weighted by Gasteiger charge is 2.22. The van der Waals surface area contributed by atoms with E-state index in [9.17, 15) is 8.42 Å². The molecule has 0 aliphatic carbocycles. The topological polar surface area (TPSA) is 134 Å². The van der Waals surface area contributed by atoms with Crippen LogP contribution in [0.2, 0.25) is 0 Å². The molecule has 2 heterocycles. The van der Waals surface area contributed by atoms with Crippen molar-refractivity contribution in [3.8, 4) is 5.88 Å². The lowest BCUT2D eigenvalue weighted by Gasteiger charge is -2.16. The zero-order valence-electron chi connectivity index (χ0n) is 13.8. The number of methoxy groups -OCH3 is 1. The summed E-state index contributed by atoms with van der Waals surface area (Å²) in [5, 5.41) is 0. The van der Waals surface area contributed by atoms with Gasteiger partial charge in [-0.25, -0.2) is 18.4 Å². The number of ether oxygens (including phenoxy) is 1. The molecule has 0 radical (unpaired) electrons. The minimum atomic E-state index is -3.50. The van der Waals surface area contributed by atoms with Gasteiger partial charge >= 0.3 is 0 Å². The second-order valence-corrected chi connectivity index (χ2v) is 8.45. The summed E-state index contributed by atoms with van der Waals surface area (Å²) in [5.74, 6) is 0.419. The second kappa shape index (κ2) is 6.81. The Labute approximate surface area is 145 Å². The summed E-state index contributed by atoms with van der Waals surface area (Å²) in [5.41, 5.74) is 12.1. The number of rotatable bonds is 5. The van der Waals surface area contributed by atoms with Crippen molar-refractivity contribution < 1.29 is 13.2 Å². The molecule has 0 saturated heterocycles. The van der Waals surface area contributed by atoms with Gasteiger partial charge in [0, 0.05) is 17.3 Å². The highest BCUT2D eigenvalue weighted by atomic mass is 32.2. The Morgan fingerprint density at radius 3 is 2.38 bits per heavy atom. The maximum absolute atomic E-state index is 12.0. The van der Waals surface area contributed by atoms with Crippen LogP contribution in [0.3, 0.4) is 0 Å². The van der Waals surface area contributed by atoms with E-state index in [1.807, 2.05) is 13.8 Å². The van der Waals surface area contributed by atoms with Crippen molar-refractivity contribution in [1.29, 1.82) is 0 Å². The number of hydrogen-bond donors (Lipinski definition) is 2. The summed E-state index contributed by atoms with van der Waals surface area (Å²) >= 11 is 1.24. The third kappa shape index (κ3) is 3.88. The maximum Gasteiger partial charge on any atom is 0.232 e. The van der Waals surface area contributed by atoms with Gasteiger partial charge in [0.1, 0.15) is 10.7 Å². The predicted octanol–water partition coefficient (Wildman–Crippen LogP) is 1.72. The minimum absolute atomic E-state index is 0.0202. The van der Waals surface area contributed by atoms with Crippen LogP contribution in [0.5, 0.6) is 5.88 Å². The first-order valence-electron chi connectivity index (χ1n) is 6.98. The van der Waals surface area contributed by atoms with Crippen LogP contribution in [-0.2, 0) is 9.84 Å². The van der Waals surface area contributed by atoms with Crippen molar-refractivity contribution in [3.63, 3.8) is 0 Å². The van der Waals surface area contributed by atoms with Crippen LogP contribution in [-0.4, -0.2) is 36.7 Å². The lowest BCUT2D eigenvalue weighted by atomic mass is 10.1. The fourth-order valence-electron chi connectivity index (χ4n) is 1.98. The molecule has 0 bridgehead atoms. The maximum atomic E-state index is 12.0. The van der Waals surface area contributed by atoms with Gasteiger partial charge in [-0.15, -0.1) is 0 Å². The SMILES string of the molecule is COc1nc(C(C)C)c(Sc2cnc(N)nc2N)cc1S(C)(=O)=O. The molecule has 2 rings (SSSR count). The minimum Gasteiger partial charge on any atom is -0.480 e. The van der Waals surface area contributed by atoms with Crippen molar-refractivity contribution in [1.82, 2.24) is 15.0 Å². The molecule has 0 amide bonds. The van der Waals surface area contributed by atoms with Gasteiger partial charge in [-0.3, -0.25) is 0 Å². The Hall–Kier alpha value is -2.07. The van der Waals surface area contributed by atoms with E-state index < -0.39 is 9.84 Å². The molecule has 0 atom stereocenters. The van der Waals surface area contributed by atoms with Crippen molar-refractivity contribution in [2.24, 2.45) is 0 Å². The van der Waals surface area contributed by atoms with Gasteiger partial charge in [0.15, 0.2) is 9.84 Å². The summed E-state index contributed by atoms with van der Waals surface area (Å²) in [6.07, 6.45) is 2.60. The Kier molecular flexibility index (Phi) is 5.19. The molecule has 130 valence electrons. The second-order valence-electron chi connectivity index (χ2n) is 5.39. The van der Waals surface area contributed by atoms with Crippen molar-refractivity contribution >= 4 is 33.4 Å². The average molecular weight is 369 g/mol. The predicted molar refractivity (Wildman–Crippen MR) is 93.0 cm³/mol. The molecule has 0 saturated carbocycles. The molecule has 2 aromatic heterocycles. The van der Waals surface area contributed by atoms with Crippen molar-refractivity contribution in [3.05, 3.63) is 18.0 Å². The summed E-state index contributed by atoms with van der Waals surface area (Å²) in [7, 11) is -2.11. The molecule has 10 heteroatoms. The third-order valence-corrected chi connectivity index (χ3v) is 5.28. The Balaban J connectivity index is 2.62. The van der Waals surface area contributed by atoms with Crippen LogP contribution in [0.1, 0.15) is 25.5 Å². The van der Waals surface area contributed by atoms with E-state index in [2.05, 4.69) is 15.0 Å². The van der Waals surface area contributed by atoms with Gasteiger partial charge in [-0.05, 0) is 12.0 Å². The first kappa shape index (κ1) is 18.3. The van der Waals surface area contributed by atoms with Crippen LogP contribution in [0, 0.1) is 0 Å². The Morgan fingerprint density at radius 2 is 1.88 bits per heavy atom. The van der Waals surface area contributed by atoms with E-state index >= 15 is 0 Å².